The molecule has 0 spiro atoms. The first-order valence-electron chi connectivity index (χ1n) is 4.90. The van der Waals surface area contributed by atoms with Crippen molar-refractivity contribution in [3.05, 3.63) is 23.9 Å². The Morgan fingerprint density at radius 1 is 1.56 bits per heavy atom. The Bertz CT molecular complexity index is 388. The van der Waals surface area contributed by atoms with E-state index >= 15 is 0 Å². The Morgan fingerprint density at radius 3 is 2.62 bits per heavy atom. The Balaban J connectivity index is 3.16. The summed E-state index contributed by atoms with van der Waals surface area (Å²) in [6.45, 7) is 5.45. The molecule has 1 amide bonds. The van der Waals surface area contributed by atoms with E-state index in [1.54, 1.807) is 18.3 Å². The van der Waals surface area contributed by atoms with Gasteiger partial charge in [-0.2, -0.15) is 0 Å². The van der Waals surface area contributed by atoms with Gasteiger partial charge in [-0.1, -0.05) is 0 Å². The summed E-state index contributed by atoms with van der Waals surface area (Å²) in [5.41, 5.74) is 0.311. The SMILES string of the molecule is CC(C)(C)N(C(=O)O)c1cc(CCl)ccn1. The molecule has 4 nitrogen and oxygen atoms in total. The quantitative estimate of drug-likeness (QED) is 0.811. The van der Waals surface area contributed by atoms with E-state index in [2.05, 4.69) is 4.98 Å². The Kier molecular flexibility index (Phi) is 3.75. The van der Waals surface area contributed by atoms with Gasteiger partial charge in [-0.25, -0.2) is 9.78 Å². The fraction of sp³-hybridized carbons (Fsp3) is 0.455. The van der Waals surface area contributed by atoms with Crippen LogP contribution in [0.25, 0.3) is 0 Å². The van der Waals surface area contributed by atoms with Crippen LogP contribution in [0.2, 0.25) is 0 Å². The Morgan fingerprint density at radius 2 is 2.19 bits per heavy atom. The van der Waals surface area contributed by atoms with Crippen LogP contribution >= 0.6 is 11.6 Å². The monoisotopic (exact) mass is 242 g/mol. The highest BCUT2D eigenvalue weighted by atomic mass is 35.5. The van der Waals surface area contributed by atoms with Crippen LogP contribution in [0.5, 0.6) is 0 Å². The molecular formula is C11H15ClN2O2. The molecule has 1 N–H and O–H groups in total. The molecule has 0 aliphatic carbocycles. The number of hydrogen-bond acceptors (Lipinski definition) is 2. The zero-order valence-corrected chi connectivity index (χ0v) is 10.3. The minimum atomic E-state index is -1.02. The lowest BCUT2D eigenvalue weighted by molar-refractivity contribution is 0.195. The third-order valence-electron chi connectivity index (χ3n) is 2.06. The van der Waals surface area contributed by atoms with E-state index in [9.17, 15) is 9.90 Å². The first kappa shape index (κ1) is 12.8. The number of amides is 1. The molecule has 0 aliphatic rings. The van der Waals surface area contributed by atoms with E-state index in [0.717, 1.165) is 5.56 Å². The van der Waals surface area contributed by atoms with Gasteiger partial charge in [0.2, 0.25) is 0 Å². The molecule has 0 aromatic carbocycles. The van der Waals surface area contributed by atoms with Crippen LogP contribution in [0.3, 0.4) is 0 Å². The lowest BCUT2D eigenvalue weighted by Crippen LogP contribution is -2.45. The first-order chi connectivity index (χ1) is 7.36. The van der Waals surface area contributed by atoms with Crippen LogP contribution in [-0.4, -0.2) is 21.7 Å². The highest BCUT2D eigenvalue weighted by Gasteiger charge is 2.28. The minimum absolute atomic E-state index is 0.340. The summed E-state index contributed by atoms with van der Waals surface area (Å²) in [6.07, 6.45) is 0.543. The average molecular weight is 243 g/mol. The number of rotatable bonds is 2. The molecule has 0 saturated carbocycles. The van der Waals surface area contributed by atoms with Crippen molar-refractivity contribution in [3.63, 3.8) is 0 Å². The van der Waals surface area contributed by atoms with Crippen molar-refractivity contribution in [3.8, 4) is 0 Å². The van der Waals surface area contributed by atoms with Crippen molar-refractivity contribution < 1.29 is 9.90 Å². The van der Waals surface area contributed by atoms with E-state index in [1.165, 1.54) is 4.90 Å². The van der Waals surface area contributed by atoms with E-state index in [0.29, 0.717) is 11.7 Å². The van der Waals surface area contributed by atoms with E-state index in [4.69, 9.17) is 11.6 Å². The van der Waals surface area contributed by atoms with Gasteiger partial charge in [-0.05, 0) is 38.5 Å². The van der Waals surface area contributed by atoms with E-state index in [-0.39, 0.29) is 0 Å². The third-order valence-corrected chi connectivity index (χ3v) is 2.36. The van der Waals surface area contributed by atoms with Gasteiger partial charge in [-0.3, -0.25) is 4.90 Å². The van der Waals surface area contributed by atoms with E-state index in [1.807, 2.05) is 20.8 Å². The molecule has 88 valence electrons. The molecule has 0 aliphatic heterocycles. The molecular weight excluding hydrogens is 228 g/mol. The summed E-state index contributed by atoms with van der Waals surface area (Å²) in [5, 5.41) is 9.18. The normalized spacial score (nSPS) is 11.2. The second kappa shape index (κ2) is 4.70. The molecule has 1 rings (SSSR count). The fourth-order valence-electron chi connectivity index (χ4n) is 1.39. The lowest BCUT2D eigenvalue weighted by Gasteiger charge is -2.32. The molecule has 0 saturated heterocycles. The molecule has 1 aromatic heterocycles. The molecule has 0 fully saturated rings. The summed E-state index contributed by atoms with van der Waals surface area (Å²) in [5.74, 6) is 0.741. The van der Waals surface area contributed by atoms with Crippen molar-refractivity contribution >= 4 is 23.5 Å². The maximum atomic E-state index is 11.2. The first-order valence-corrected chi connectivity index (χ1v) is 5.44. The molecule has 0 atom stereocenters. The minimum Gasteiger partial charge on any atom is -0.465 e. The predicted molar refractivity (Wildman–Crippen MR) is 64.1 cm³/mol. The van der Waals surface area contributed by atoms with Crippen LogP contribution in [0.15, 0.2) is 18.3 Å². The molecule has 0 unspecified atom stereocenters. The summed E-state index contributed by atoms with van der Waals surface area (Å²) < 4.78 is 0. The maximum absolute atomic E-state index is 11.2. The van der Waals surface area contributed by atoms with Gasteiger partial charge in [0, 0.05) is 17.6 Å². The van der Waals surface area contributed by atoms with Crippen LogP contribution in [-0.2, 0) is 5.88 Å². The van der Waals surface area contributed by atoms with Crippen molar-refractivity contribution in [2.75, 3.05) is 4.90 Å². The Labute approximate surface area is 99.9 Å². The van der Waals surface area contributed by atoms with Crippen molar-refractivity contribution in [1.82, 2.24) is 4.98 Å². The standard InChI is InChI=1S/C11H15ClN2O2/c1-11(2,3)14(10(15)16)9-6-8(7-12)4-5-13-9/h4-6H,7H2,1-3H3,(H,15,16). The number of aromatic nitrogens is 1. The predicted octanol–water partition coefficient (Wildman–Crippen LogP) is 3.10. The lowest BCUT2D eigenvalue weighted by atomic mass is 10.1. The average Bonchev–Trinajstić information content (AvgIpc) is 2.15. The van der Waals surface area contributed by atoms with Gasteiger partial charge in [0.1, 0.15) is 5.82 Å². The fourth-order valence-corrected chi connectivity index (χ4v) is 1.56. The van der Waals surface area contributed by atoms with Crippen LogP contribution in [0.1, 0.15) is 26.3 Å². The Hall–Kier alpha value is -1.29. The van der Waals surface area contributed by atoms with Crippen LogP contribution in [0, 0.1) is 0 Å². The summed E-state index contributed by atoms with van der Waals surface area (Å²) >= 11 is 5.70. The summed E-state index contributed by atoms with van der Waals surface area (Å²) in [6, 6.07) is 3.45. The third kappa shape index (κ3) is 2.85. The second-order valence-electron chi connectivity index (χ2n) is 4.44. The van der Waals surface area contributed by atoms with Crippen LogP contribution in [0.4, 0.5) is 10.6 Å². The number of hydrogen-bond donors (Lipinski definition) is 1. The maximum Gasteiger partial charge on any atom is 0.413 e. The van der Waals surface area contributed by atoms with Crippen molar-refractivity contribution in [2.24, 2.45) is 0 Å². The second-order valence-corrected chi connectivity index (χ2v) is 4.71. The molecule has 5 heteroatoms. The number of nitrogens with zero attached hydrogens (tertiary/aromatic N) is 2. The number of halogens is 1. The highest BCUT2D eigenvalue weighted by molar-refractivity contribution is 6.17. The number of carbonyl (C=O) groups is 1. The smallest absolute Gasteiger partial charge is 0.413 e. The number of anilines is 1. The van der Waals surface area contributed by atoms with Gasteiger partial charge in [0.05, 0.1) is 0 Å². The number of carboxylic acid groups (broad SMARTS) is 1. The summed E-state index contributed by atoms with van der Waals surface area (Å²) in [4.78, 5) is 16.5. The summed E-state index contributed by atoms with van der Waals surface area (Å²) in [7, 11) is 0. The van der Waals surface area contributed by atoms with Gasteiger partial charge in [0.15, 0.2) is 0 Å². The van der Waals surface area contributed by atoms with E-state index < -0.39 is 11.6 Å². The van der Waals surface area contributed by atoms with Crippen LogP contribution < -0.4 is 4.90 Å². The zero-order chi connectivity index (χ0) is 12.3. The van der Waals surface area contributed by atoms with Crippen molar-refractivity contribution in [2.45, 2.75) is 32.2 Å². The molecule has 16 heavy (non-hydrogen) atoms. The van der Waals surface area contributed by atoms with Gasteiger partial charge in [-0.15, -0.1) is 11.6 Å². The topological polar surface area (TPSA) is 53.4 Å². The van der Waals surface area contributed by atoms with Crippen molar-refractivity contribution in [1.29, 1.82) is 0 Å². The van der Waals surface area contributed by atoms with Gasteiger partial charge < -0.3 is 5.11 Å². The molecule has 0 radical (unpaired) electrons. The zero-order valence-electron chi connectivity index (χ0n) is 9.57. The van der Waals surface area contributed by atoms with Gasteiger partial charge >= 0.3 is 6.09 Å². The molecule has 0 bridgehead atoms. The molecule has 1 heterocycles. The molecule has 1 aromatic rings. The highest BCUT2D eigenvalue weighted by Crippen LogP contribution is 2.23. The number of pyridine rings is 1. The number of alkyl halides is 1. The van der Waals surface area contributed by atoms with Gasteiger partial charge in [0.25, 0.3) is 0 Å². The largest absolute Gasteiger partial charge is 0.465 e.